The normalized spacial score (nSPS) is 24.9. The van der Waals surface area contributed by atoms with Crippen molar-refractivity contribution < 1.29 is 13.2 Å². The predicted octanol–water partition coefficient (Wildman–Crippen LogP) is 0.951. The molecule has 0 radical (unpaired) electrons. The second-order valence-corrected chi connectivity index (χ2v) is 9.56. The Morgan fingerprint density at radius 3 is 2.50 bits per heavy atom. The molecule has 0 spiro atoms. The lowest BCUT2D eigenvalue weighted by Gasteiger charge is -2.36. The first-order valence-corrected chi connectivity index (χ1v) is 11.3. The molecule has 0 saturated carbocycles. The Bertz CT molecular complexity index is 536. The van der Waals surface area contributed by atoms with Crippen LogP contribution in [0.25, 0.3) is 0 Å². The Morgan fingerprint density at radius 2 is 1.96 bits per heavy atom. The molecule has 2 aliphatic heterocycles. The van der Waals surface area contributed by atoms with Crippen LogP contribution in [0.1, 0.15) is 27.2 Å². The van der Waals surface area contributed by atoms with Crippen molar-refractivity contribution in [2.75, 3.05) is 57.4 Å². The zero-order chi connectivity index (χ0) is 18.3. The minimum absolute atomic E-state index is 0. The molecule has 0 amide bonds. The van der Waals surface area contributed by atoms with E-state index in [9.17, 15) is 8.42 Å². The van der Waals surface area contributed by atoms with E-state index in [2.05, 4.69) is 29.4 Å². The molecule has 7 nitrogen and oxygen atoms in total. The number of ether oxygens (including phenoxy) is 1. The minimum atomic E-state index is -2.83. The summed E-state index contributed by atoms with van der Waals surface area (Å²) in [5.41, 5.74) is 0. The number of nitrogens with zero attached hydrogens (tertiary/aromatic N) is 2. The summed E-state index contributed by atoms with van der Waals surface area (Å²) in [5, 5.41) is 6.60. The van der Waals surface area contributed by atoms with Crippen LogP contribution in [-0.2, 0) is 14.6 Å². The average Bonchev–Trinajstić information content (AvgIpc) is 2.92. The third-order valence-electron chi connectivity index (χ3n) is 4.95. The maximum Gasteiger partial charge on any atom is 0.191 e. The first-order valence-electron chi connectivity index (χ1n) is 9.45. The highest BCUT2D eigenvalue weighted by atomic mass is 127. The lowest BCUT2D eigenvalue weighted by Crippen LogP contribution is -2.48. The maximum absolute atomic E-state index is 11.6. The van der Waals surface area contributed by atoms with E-state index in [1.807, 2.05) is 6.92 Å². The van der Waals surface area contributed by atoms with Crippen molar-refractivity contribution in [2.24, 2.45) is 16.8 Å². The molecule has 2 aliphatic rings. The van der Waals surface area contributed by atoms with Crippen molar-refractivity contribution in [3.05, 3.63) is 0 Å². The van der Waals surface area contributed by atoms with E-state index >= 15 is 0 Å². The number of nitrogens with one attached hydrogen (secondary N) is 2. The van der Waals surface area contributed by atoms with Crippen LogP contribution in [0.15, 0.2) is 4.99 Å². The van der Waals surface area contributed by atoms with Gasteiger partial charge in [0.15, 0.2) is 15.8 Å². The van der Waals surface area contributed by atoms with Crippen LogP contribution in [0.3, 0.4) is 0 Å². The highest BCUT2D eigenvalue weighted by Gasteiger charge is 2.28. The second-order valence-electron chi connectivity index (χ2n) is 7.33. The molecule has 2 N–H and O–H groups in total. The summed E-state index contributed by atoms with van der Waals surface area (Å²) in [6.07, 6.45) is 0.747. The van der Waals surface area contributed by atoms with Crippen LogP contribution in [0, 0.1) is 11.8 Å². The van der Waals surface area contributed by atoms with E-state index in [-0.39, 0.29) is 29.9 Å². The molecule has 2 rings (SSSR count). The monoisotopic (exact) mass is 502 g/mol. The van der Waals surface area contributed by atoms with Crippen molar-refractivity contribution in [3.63, 3.8) is 0 Å². The number of hydrogen-bond donors (Lipinski definition) is 2. The summed E-state index contributed by atoms with van der Waals surface area (Å²) in [6.45, 7) is 12.2. The van der Waals surface area contributed by atoms with Crippen molar-refractivity contribution in [2.45, 2.75) is 33.2 Å². The van der Waals surface area contributed by atoms with Crippen LogP contribution in [-0.4, -0.2) is 82.8 Å². The standard InChI is InChI=1S/C17H34N4O3S.HI/c1-4-18-17(19-11-15-5-10-25(22,23)13-15)20-12-16(14(2)3)21-6-8-24-9-7-21;/h14-16H,4-13H2,1-3H3,(H2,18,19,20);1H. The van der Waals surface area contributed by atoms with Crippen LogP contribution in [0.5, 0.6) is 0 Å². The van der Waals surface area contributed by atoms with Crippen molar-refractivity contribution in [1.82, 2.24) is 15.5 Å². The number of hydrogen-bond acceptors (Lipinski definition) is 5. The third kappa shape index (κ3) is 7.85. The molecule has 2 fully saturated rings. The quantitative estimate of drug-likeness (QED) is 0.307. The van der Waals surface area contributed by atoms with Gasteiger partial charge in [0.25, 0.3) is 0 Å². The van der Waals surface area contributed by atoms with E-state index in [4.69, 9.17) is 9.73 Å². The fourth-order valence-electron chi connectivity index (χ4n) is 3.46. The molecule has 0 aliphatic carbocycles. The van der Waals surface area contributed by atoms with Gasteiger partial charge in [-0.2, -0.15) is 0 Å². The van der Waals surface area contributed by atoms with E-state index in [1.54, 1.807) is 0 Å². The van der Waals surface area contributed by atoms with Crippen molar-refractivity contribution >= 4 is 39.8 Å². The molecule has 0 aromatic carbocycles. The fraction of sp³-hybridized carbons (Fsp3) is 0.941. The number of halogens is 1. The molecule has 9 heteroatoms. The molecule has 154 valence electrons. The first kappa shape index (κ1) is 23.9. The molecule has 2 unspecified atom stereocenters. The minimum Gasteiger partial charge on any atom is -0.379 e. The zero-order valence-electron chi connectivity index (χ0n) is 16.2. The van der Waals surface area contributed by atoms with Crippen molar-refractivity contribution in [1.29, 1.82) is 0 Å². The van der Waals surface area contributed by atoms with Gasteiger partial charge in [0, 0.05) is 32.2 Å². The Morgan fingerprint density at radius 1 is 1.27 bits per heavy atom. The van der Waals surface area contributed by atoms with Gasteiger partial charge in [-0.15, -0.1) is 24.0 Å². The predicted molar refractivity (Wildman–Crippen MR) is 117 cm³/mol. The number of morpholine rings is 1. The van der Waals surface area contributed by atoms with Gasteiger partial charge in [-0.05, 0) is 25.2 Å². The van der Waals surface area contributed by atoms with Crippen LogP contribution in [0.4, 0.5) is 0 Å². The van der Waals surface area contributed by atoms with Gasteiger partial charge in [0.2, 0.25) is 0 Å². The van der Waals surface area contributed by atoms with Crippen LogP contribution >= 0.6 is 24.0 Å². The number of rotatable bonds is 7. The number of aliphatic imine (C=N–C) groups is 1. The summed E-state index contributed by atoms with van der Waals surface area (Å²) in [4.78, 5) is 7.23. The van der Waals surface area contributed by atoms with Crippen LogP contribution < -0.4 is 10.6 Å². The summed E-state index contributed by atoms with van der Waals surface area (Å²) in [7, 11) is -2.83. The lowest BCUT2D eigenvalue weighted by atomic mass is 10.0. The van der Waals surface area contributed by atoms with Gasteiger partial charge in [-0.25, -0.2) is 8.42 Å². The van der Waals surface area contributed by atoms with Crippen LogP contribution in [0.2, 0.25) is 0 Å². The zero-order valence-corrected chi connectivity index (χ0v) is 19.4. The van der Waals surface area contributed by atoms with Gasteiger partial charge in [0.05, 0.1) is 31.3 Å². The maximum atomic E-state index is 11.6. The summed E-state index contributed by atoms with van der Waals surface area (Å²) in [5.74, 6) is 2.10. The van der Waals surface area contributed by atoms with E-state index in [0.29, 0.717) is 30.0 Å². The smallest absolute Gasteiger partial charge is 0.191 e. The SMILES string of the molecule is CCNC(=NCC(C(C)C)N1CCOCC1)NCC1CCS(=O)(=O)C1.I. The topological polar surface area (TPSA) is 83.0 Å². The Kier molecular flexibility index (Phi) is 10.7. The van der Waals surface area contributed by atoms with Crippen molar-refractivity contribution in [3.8, 4) is 0 Å². The molecule has 2 heterocycles. The van der Waals surface area contributed by atoms with Gasteiger partial charge in [0.1, 0.15) is 0 Å². The average molecular weight is 502 g/mol. The van der Waals surface area contributed by atoms with Gasteiger partial charge >= 0.3 is 0 Å². The van der Waals surface area contributed by atoms with E-state index < -0.39 is 9.84 Å². The Labute approximate surface area is 175 Å². The summed E-state index contributed by atoms with van der Waals surface area (Å²) in [6, 6.07) is 0.395. The van der Waals surface area contributed by atoms with E-state index in [0.717, 1.165) is 51.8 Å². The third-order valence-corrected chi connectivity index (χ3v) is 6.79. The Hall–Kier alpha value is -0.130. The largest absolute Gasteiger partial charge is 0.379 e. The highest BCUT2D eigenvalue weighted by molar-refractivity contribution is 14.0. The van der Waals surface area contributed by atoms with Gasteiger partial charge < -0.3 is 15.4 Å². The highest BCUT2D eigenvalue weighted by Crippen LogP contribution is 2.17. The van der Waals surface area contributed by atoms with Gasteiger partial charge in [-0.1, -0.05) is 13.8 Å². The molecule has 26 heavy (non-hydrogen) atoms. The summed E-state index contributed by atoms with van der Waals surface area (Å²) >= 11 is 0. The molecule has 0 bridgehead atoms. The Balaban J connectivity index is 0.00000338. The first-order chi connectivity index (χ1) is 11.9. The van der Waals surface area contributed by atoms with E-state index in [1.165, 1.54) is 0 Å². The molecule has 2 atom stereocenters. The molecular weight excluding hydrogens is 467 g/mol. The molecule has 0 aromatic heterocycles. The number of sulfone groups is 1. The molecular formula is C17H35IN4O3S. The summed E-state index contributed by atoms with van der Waals surface area (Å²) < 4.78 is 28.6. The van der Waals surface area contributed by atoms with Gasteiger partial charge in [-0.3, -0.25) is 9.89 Å². The second kappa shape index (κ2) is 11.7. The molecule has 2 saturated heterocycles. The fourth-order valence-corrected chi connectivity index (χ4v) is 5.32. The lowest BCUT2D eigenvalue weighted by molar-refractivity contribution is 0.00867. The molecule has 0 aromatic rings. The number of guanidine groups is 1.